The molecule has 122 valence electrons. The number of benzene rings is 1. The van der Waals surface area contributed by atoms with Gasteiger partial charge in [0.15, 0.2) is 0 Å². The van der Waals surface area contributed by atoms with Gasteiger partial charge in [-0.25, -0.2) is 0 Å². The monoisotopic (exact) mass is 333 g/mol. The molecule has 0 heterocycles. The number of nitrogens with two attached hydrogens (primary N) is 1. The zero-order valence-electron chi connectivity index (χ0n) is 13.6. The van der Waals surface area contributed by atoms with E-state index < -0.39 is 0 Å². The first-order chi connectivity index (χ1) is 9.53. The predicted octanol–water partition coefficient (Wildman–Crippen LogP) is 5.34. The zero-order chi connectivity index (χ0) is 15.1. The molecule has 1 aromatic rings. The summed E-state index contributed by atoms with van der Waals surface area (Å²) >= 11 is 6.43. The lowest BCUT2D eigenvalue weighted by atomic mass is 9.94. The summed E-state index contributed by atoms with van der Waals surface area (Å²) < 4.78 is 5.84. The van der Waals surface area contributed by atoms with E-state index in [9.17, 15) is 0 Å². The molecule has 0 bridgehead atoms. The van der Waals surface area contributed by atoms with Crippen molar-refractivity contribution in [1.29, 1.82) is 0 Å². The van der Waals surface area contributed by atoms with Gasteiger partial charge < -0.3 is 10.5 Å². The highest BCUT2D eigenvalue weighted by Gasteiger charge is 2.15. The highest BCUT2D eigenvalue weighted by molar-refractivity contribution is 6.32. The number of ether oxygens (including phenoxy) is 1. The van der Waals surface area contributed by atoms with Gasteiger partial charge in [0.2, 0.25) is 0 Å². The number of hydrogen-bond donors (Lipinski definition) is 1. The second-order valence-electron chi connectivity index (χ2n) is 5.52. The van der Waals surface area contributed by atoms with Crippen molar-refractivity contribution in [3.63, 3.8) is 0 Å². The van der Waals surface area contributed by atoms with Crippen LogP contribution in [0.25, 0.3) is 0 Å². The molecule has 0 aliphatic carbocycles. The van der Waals surface area contributed by atoms with Crippen molar-refractivity contribution in [3.05, 3.63) is 28.3 Å². The molecule has 4 heteroatoms. The molecule has 2 nitrogen and oxygen atoms in total. The summed E-state index contributed by atoms with van der Waals surface area (Å²) in [5.41, 5.74) is 8.54. The van der Waals surface area contributed by atoms with Crippen molar-refractivity contribution in [2.75, 3.05) is 6.61 Å². The fourth-order valence-corrected chi connectivity index (χ4v) is 2.44. The predicted molar refractivity (Wildman–Crippen MR) is 95.2 cm³/mol. The molecule has 2 unspecified atom stereocenters. The van der Waals surface area contributed by atoms with Gasteiger partial charge in [-0.1, -0.05) is 45.4 Å². The van der Waals surface area contributed by atoms with Gasteiger partial charge in [-0.05, 0) is 48.8 Å². The van der Waals surface area contributed by atoms with Crippen LogP contribution >= 0.6 is 24.0 Å². The Balaban J connectivity index is 0.00000400. The van der Waals surface area contributed by atoms with Gasteiger partial charge in [-0.3, -0.25) is 0 Å². The zero-order valence-corrected chi connectivity index (χ0v) is 15.2. The van der Waals surface area contributed by atoms with Crippen molar-refractivity contribution < 1.29 is 4.74 Å². The van der Waals surface area contributed by atoms with E-state index >= 15 is 0 Å². The van der Waals surface area contributed by atoms with Crippen LogP contribution in [0, 0.1) is 0 Å². The number of rotatable bonds is 8. The maximum atomic E-state index is 6.43. The van der Waals surface area contributed by atoms with Crippen molar-refractivity contribution in [2.24, 2.45) is 5.73 Å². The van der Waals surface area contributed by atoms with Crippen LogP contribution in [-0.4, -0.2) is 12.6 Å². The lowest BCUT2D eigenvalue weighted by molar-refractivity contribution is 0.313. The second kappa shape index (κ2) is 10.3. The minimum atomic E-state index is 0. The fourth-order valence-electron chi connectivity index (χ4n) is 2.14. The molecule has 0 aromatic heterocycles. The SMILES string of the molecule is CCCOc1c(Cl)cc(C(C)CC)cc1CC(N)CC.Cl. The average Bonchev–Trinajstić information content (AvgIpc) is 2.45. The van der Waals surface area contributed by atoms with Crippen LogP contribution < -0.4 is 10.5 Å². The van der Waals surface area contributed by atoms with Crippen LogP contribution in [0.4, 0.5) is 0 Å². The Hall–Kier alpha value is -0.440. The van der Waals surface area contributed by atoms with Gasteiger partial charge in [0.25, 0.3) is 0 Å². The van der Waals surface area contributed by atoms with Gasteiger partial charge in [0.1, 0.15) is 5.75 Å². The fraction of sp³-hybridized carbons (Fsp3) is 0.647. The molecule has 0 fully saturated rings. The standard InChI is InChI=1S/C17H28ClNO.ClH/c1-5-8-20-17-14(10-15(19)7-3)9-13(11-16(17)18)12(4)6-2;/h9,11-12,15H,5-8,10,19H2,1-4H3;1H. The van der Waals surface area contributed by atoms with E-state index in [0.717, 1.165) is 42.0 Å². The van der Waals surface area contributed by atoms with Crippen LogP contribution in [0.2, 0.25) is 5.02 Å². The molecular weight excluding hydrogens is 305 g/mol. The van der Waals surface area contributed by atoms with Gasteiger partial charge >= 0.3 is 0 Å². The Morgan fingerprint density at radius 1 is 1.19 bits per heavy atom. The topological polar surface area (TPSA) is 35.2 Å². The minimum Gasteiger partial charge on any atom is -0.492 e. The van der Waals surface area contributed by atoms with E-state index in [1.165, 1.54) is 5.56 Å². The van der Waals surface area contributed by atoms with E-state index in [4.69, 9.17) is 22.1 Å². The summed E-state index contributed by atoms with van der Waals surface area (Å²) in [6, 6.07) is 4.42. The number of halogens is 2. The van der Waals surface area contributed by atoms with Crippen molar-refractivity contribution in [2.45, 2.75) is 65.3 Å². The largest absolute Gasteiger partial charge is 0.492 e. The van der Waals surface area contributed by atoms with Crippen molar-refractivity contribution in [1.82, 2.24) is 0 Å². The maximum Gasteiger partial charge on any atom is 0.141 e. The number of hydrogen-bond acceptors (Lipinski definition) is 2. The molecule has 1 rings (SSSR count). The van der Waals surface area contributed by atoms with E-state index in [1.807, 2.05) is 6.07 Å². The normalized spacial score (nSPS) is 13.4. The molecule has 2 atom stereocenters. The third-order valence-corrected chi connectivity index (χ3v) is 4.06. The molecular formula is C17H29Cl2NO. The summed E-state index contributed by atoms with van der Waals surface area (Å²) in [5.74, 6) is 1.33. The first-order valence-electron chi connectivity index (χ1n) is 7.74. The Morgan fingerprint density at radius 2 is 1.86 bits per heavy atom. The minimum absolute atomic E-state index is 0. The van der Waals surface area contributed by atoms with E-state index in [-0.39, 0.29) is 18.4 Å². The molecule has 21 heavy (non-hydrogen) atoms. The molecule has 1 aromatic carbocycles. The molecule has 0 radical (unpaired) electrons. The lowest BCUT2D eigenvalue weighted by Crippen LogP contribution is -2.22. The second-order valence-corrected chi connectivity index (χ2v) is 5.93. The highest BCUT2D eigenvalue weighted by Crippen LogP contribution is 2.34. The van der Waals surface area contributed by atoms with Crippen LogP contribution in [0.3, 0.4) is 0 Å². The van der Waals surface area contributed by atoms with E-state index in [0.29, 0.717) is 12.5 Å². The van der Waals surface area contributed by atoms with E-state index in [1.54, 1.807) is 0 Å². The molecule has 0 saturated carbocycles. The van der Waals surface area contributed by atoms with E-state index in [2.05, 4.69) is 33.8 Å². The summed E-state index contributed by atoms with van der Waals surface area (Å²) in [7, 11) is 0. The first kappa shape index (κ1) is 20.6. The maximum absolute atomic E-state index is 6.43. The summed E-state index contributed by atoms with van der Waals surface area (Å²) in [6.45, 7) is 9.31. The van der Waals surface area contributed by atoms with Crippen molar-refractivity contribution >= 4 is 24.0 Å². The summed E-state index contributed by atoms with van der Waals surface area (Å²) in [5, 5.41) is 0.717. The summed E-state index contributed by atoms with van der Waals surface area (Å²) in [4.78, 5) is 0. The van der Waals surface area contributed by atoms with Crippen LogP contribution in [0.1, 0.15) is 64.0 Å². The third kappa shape index (κ3) is 6.06. The van der Waals surface area contributed by atoms with Crippen LogP contribution in [0.5, 0.6) is 5.75 Å². The molecule has 0 amide bonds. The van der Waals surface area contributed by atoms with Crippen molar-refractivity contribution in [3.8, 4) is 5.75 Å². The Labute approximate surface area is 140 Å². The van der Waals surface area contributed by atoms with Gasteiger partial charge in [-0.2, -0.15) is 0 Å². The third-order valence-electron chi connectivity index (χ3n) is 3.78. The smallest absolute Gasteiger partial charge is 0.141 e. The molecule has 0 aliphatic heterocycles. The first-order valence-corrected chi connectivity index (χ1v) is 8.11. The van der Waals surface area contributed by atoms with Crippen LogP contribution in [0.15, 0.2) is 12.1 Å². The molecule has 0 saturated heterocycles. The van der Waals surface area contributed by atoms with Crippen LogP contribution in [-0.2, 0) is 6.42 Å². The highest BCUT2D eigenvalue weighted by atomic mass is 35.5. The van der Waals surface area contributed by atoms with Gasteiger partial charge in [0, 0.05) is 6.04 Å². The molecule has 0 aliphatic rings. The van der Waals surface area contributed by atoms with Gasteiger partial charge in [-0.15, -0.1) is 12.4 Å². The average molecular weight is 334 g/mol. The van der Waals surface area contributed by atoms with Gasteiger partial charge in [0.05, 0.1) is 11.6 Å². The summed E-state index contributed by atoms with van der Waals surface area (Å²) in [6.07, 6.45) is 3.85. The Morgan fingerprint density at radius 3 is 2.38 bits per heavy atom. The Bertz CT molecular complexity index is 423. The molecule has 0 spiro atoms. The lowest BCUT2D eigenvalue weighted by Gasteiger charge is -2.19. The quantitative estimate of drug-likeness (QED) is 0.696. The Kier molecular flexibility index (Phi) is 10.1. The molecule has 2 N–H and O–H groups in total.